The summed E-state index contributed by atoms with van der Waals surface area (Å²) in [6.45, 7) is 6.63. The highest BCUT2D eigenvalue weighted by Crippen LogP contribution is 2.20. The maximum absolute atomic E-state index is 12.6. The van der Waals surface area contributed by atoms with Gasteiger partial charge in [-0.15, -0.1) is 11.3 Å². The van der Waals surface area contributed by atoms with Gasteiger partial charge in [-0.25, -0.2) is 4.98 Å². The second kappa shape index (κ2) is 10.0. The van der Waals surface area contributed by atoms with Crippen LogP contribution in [0.15, 0.2) is 60.0 Å². The molecule has 2 atom stereocenters. The molecule has 2 amide bonds. The second-order valence-electron chi connectivity index (χ2n) is 7.95. The minimum Gasteiger partial charge on any atom is -0.373 e. The standard InChI is InChI=1S/C24H26N4O3S/c1-16-12-28(13-17(2)31-16)14-21-15-32-24(26-21)27-23(30)19-8-10-20(11-9-19)25-22(29)18-6-4-3-5-7-18/h3-11,15-17H,12-14H2,1-2H3,(H,25,29)(H,26,27,30). The summed E-state index contributed by atoms with van der Waals surface area (Å²) in [5, 5.41) is 8.23. The summed E-state index contributed by atoms with van der Waals surface area (Å²) < 4.78 is 5.77. The molecule has 7 nitrogen and oxygen atoms in total. The lowest BCUT2D eigenvalue weighted by Gasteiger charge is -2.34. The van der Waals surface area contributed by atoms with Crippen LogP contribution in [0.1, 0.15) is 40.3 Å². The summed E-state index contributed by atoms with van der Waals surface area (Å²) in [7, 11) is 0. The number of nitrogens with zero attached hydrogens (tertiary/aromatic N) is 2. The third kappa shape index (κ3) is 5.79. The summed E-state index contributed by atoms with van der Waals surface area (Å²) in [6, 6.07) is 15.8. The molecule has 1 aliphatic heterocycles. The van der Waals surface area contributed by atoms with Gasteiger partial charge in [-0.3, -0.25) is 19.8 Å². The van der Waals surface area contributed by atoms with Crippen molar-refractivity contribution >= 4 is 34.0 Å². The summed E-state index contributed by atoms with van der Waals surface area (Å²) >= 11 is 1.41. The first-order valence-electron chi connectivity index (χ1n) is 10.6. The largest absolute Gasteiger partial charge is 0.373 e. The summed E-state index contributed by atoms with van der Waals surface area (Å²) in [5.41, 5.74) is 2.64. The van der Waals surface area contributed by atoms with Crippen molar-refractivity contribution in [2.45, 2.75) is 32.6 Å². The third-order valence-electron chi connectivity index (χ3n) is 5.09. The molecule has 2 N–H and O–H groups in total. The van der Waals surface area contributed by atoms with Crippen LogP contribution in [0.3, 0.4) is 0 Å². The predicted molar refractivity (Wildman–Crippen MR) is 126 cm³/mol. The molecule has 1 aliphatic rings. The van der Waals surface area contributed by atoms with Gasteiger partial charge in [0.1, 0.15) is 0 Å². The molecule has 0 bridgehead atoms. The lowest BCUT2D eigenvalue weighted by molar-refractivity contribution is -0.0707. The Balaban J connectivity index is 1.32. The van der Waals surface area contributed by atoms with Gasteiger partial charge in [0.05, 0.1) is 17.9 Å². The topological polar surface area (TPSA) is 83.6 Å². The van der Waals surface area contributed by atoms with Crippen LogP contribution in [0.2, 0.25) is 0 Å². The highest BCUT2D eigenvalue weighted by Gasteiger charge is 2.23. The van der Waals surface area contributed by atoms with E-state index in [-0.39, 0.29) is 24.0 Å². The normalized spacial score (nSPS) is 18.8. The Morgan fingerprint density at radius 2 is 1.59 bits per heavy atom. The van der Waals surface area contributed by atoms with Crippen LogP contribution in [-0.2, 0) is 11.3 Å². The van der Waals surface area contributed by atoms with Gasteiger partial charge in [-0.05, 0) is 50.2 Å². The number of carbonyl (C=O) groups is 2. The van der Waals surface area contributed by atoms with Crippen molar-refractivity contribution in [2.75, 3.05) is 23.7 Å². The van der Waals surface area contributed by atoms with Crippen molar-refractivity contribution in [3.63, 3.8) is 0 Å². The molecule has 32 heavy (non-hydrogen) atoms. The van der Waals surface area contributed by atoms with E-state index in [1.54, 1.807) is 36.4 Å². The molecule has 0 spiro atoms. The average Bonchev–Trinajstić information content (AvgIpc) is 3.20. The molecule has 0 radical (unpaired) electrons. The van der Waals surface area contributed by atoms with Crippen molar-refractivity contribution < 1.29 is 14.3 Å². The molecule has 2 heterocycles. The van der Waals surface area contributed by atoms with Gasteiger partial charge in [-0.2, -0.15) is 0 Å². The molecule has 2 aromatic carbocycles. The predicted octanol–water partition coefficient (Wildman–Crippen LogP) is 4.26. The van der Waals surface area contributed by atoms with E-state index in [0.717, 1.165) is 25.3 Å². The maximum atomic E-state index is 12.6. The highest BCUT2D eigenvalue weighted by atomic mass is 32.1. The highest BCUT2D eigenvalue weighted by molar-refractivity contribution is 7.14. The number of hydrogen-bond donors (Lipinski definition) is 2. The van der Waals surface area contributed by atoms with Gasteiger partial charge in [-0.1, -0.05) is 18.2 Å². The lowest BCUT2D eigenvalue weighted by atomic mass is 10.1. The van der Waals surface area contributed by atoms with E-state index < -0.39 is 0 Å². The van der Waals surface area contributed by atoms with E-state index in [0.29, 0.717) is 21.9 Å². The van der Waals surface area contributed by atoms with E-state index >= 15 is 0 Å². The molecule has 0 aliphatic carbocycles. The summed E-state index contributed by atoms with van der Waals surface area (Å²) in [5.74, 6) is -0.428. The first kappa shape index (κ1) is 22.1. The zero-order chi connectivity index (χ0) is 22.5. The number of anilines is 2. The molecule has 4 rings (SSSR count). The third-order valence-corrected chi connectivity index (χ3v) is 5.90. The van der Waals surface area contributed by atoms with Crippen molar-refractivity contribution in [1.29, 1.82) is 0 Å². The molecular weight excluding hydrogens is 424 g/mol. The second-order valence-corrected chi connectivity index (χ2v) is 8.81. The number of rotatable bonds is 6. The van der Waals surface area contributed by atoms with Crippen LogP contribution in [0, 0.1) is 0 Å². The fourth-order valence-electron chi connectivity index (χ4n) is 3.75. The Morgan fingerprint density at radius 1 is 0.969 bits per heavy atom. The van der Waals surface area contributed by atoms with E-state index in [2.05, 4.69) is 34.4 Å². The monoisotopic (exact) mass is 450 g/mol. The van der Waals surface area contributed by atoms with Gasteiger partial charge >= 0.3 is 0 Å². The smallest absolute Gasteiger partial charge is 0.257 e. The quantitative estimate of drug-likeness (QED) is 0.586. The van der Waals surface area contributed by atoms with E-state index in [4.69, 9.17) is 4.74 Å². The Labute approximate surface area is 191 Å². The minimum atomic E-state index is -0.236. The number of thiazole rings is 1. The van der Waals surface area contributed by atoms with Gasteiger partial charge in [0.25, 0.3) is 11.8 Å². The molecule has 8 heteroatoms. The van der Waals surface area contributed by atoms with E-state index in [9.17, 15) is 9.59 Å². The van der Waals surface area contributed by atoms with Crippen molar-refractivity contribution in [1.82, 2.24) is 9.88 Å². The molecule has 1 fully saturated rings. The lowest BCUT2D eigenvalue weighted by Crippen LogP contribution is -2.44. The van der Waals surface area contributed by atoms with Gasteiger partial charge < -0.3 is 10.1 Å². The molecule has 2 unspecified atom stereocenters. The Kier molecular flexibility index (Phi) is 6.94. The summed E-state index contributed by atoms with van der Waals surface area (Å²) in [6.07, 6.45) is 0.411. The molecule has 1 aromatic heterocycles. The molecular formula is C24H26N4O3S. The summed E-state index contributed by atoms with van der Waals surface area (Å²) in [4.78, 5) is 31.7. The molecule has 1 saturated heterocycles. The van der Waals surface area contributed by atoms with Crippen LogP contribution in [0.4, 0.5) is 10.8 Å². The fourth-order valence-corrected chi connectivity index (χ4v) is 4.44. The Hall–Kier alpha value is -3.07. The minimum absolute atomic E-state index is 0.192. The molecule has 0 saturated carbocycles. The zero-order valence-electron chi connectivity index (χ0n) is 18.1. The number of carbonyl (C=O) groups excluding carboxylic acids is 2. The number of hydrogen-bond acceptors (Lipinski definition) is 6. The van der Waals surface area contributed by atoms with Crippen molar-refractivity contribution in [3.8, 4) is 0 Å². The first-order chi connectivity index (χ1) is 15.5. The fraction of sp³-hybridized carbons (Fsp3) is 0.292. The van der Waals surface area contributed by atoms with Crippen LogP contribution < -0.4 is 10.6 Å². The number of ether oxygens (including phenoxy) is 1. The molecule has 3 aromatic rings. The van der Waals surface area contributed by atoms with Gasteiger partial charge in [0.2, 0.25) is 0 Å². The number of benzene rings is 2. The average molecular weight is 451 g/mol. The van der Waals surface area contributed by atoms with Crippen LogP contribution >= 0.6 is 11.3 Å². The number of morpholine rings is 1. The number of aromatic nitrogens is 1. The van der Waals surface area contributed by atoms with Gasteiger partial charge in [0, 0.05) is 41.8 Å². The van der Waals surface area contributed by atoms with Crippen molar-refractivity contribution in [2.24, 2.45) is 0 Å². The van der Waals surface area contributed by atoms with Crippen LogP contribution in [0.5, 0.6) is 0 Å². The Morgan fingerprint density at radius 3 is 2.28 bits per heavy atom. The van der Waals surface area contributed by atoms with E-state index in [1.807, 2.05) is 23.6 Å². The maximum Gasteiger partial charge on any atom is 0.257 e. The number of amides is 2. The van der Waals surface area contributed by atoms with Crippen LogP contribution in [-0.4, -0.2) is 47.0 Å². The molecule has 166 valence electrons. The first-order valence-corrected chi connectivity index (χ1v) is 11.4. The Bertz CT molecular complexity index is 1060. The van der Waals surface area contributed by atoms with E-state index in [1.165, 1.54) is 11.3 Å². The van der Waals surface area contributed by atoms with Gasteiger partial charge in [0.15, 0.2) is 5.13 Å². The zero-order valence-corrected chi connectivity index (χ0v) is 18.9. The van der Waals surface area contributed by atoms with Crippen LogP contribution in [0.25, 0.3) is 0 Å². The SMILES string of the molecule is CC1CN(Cc2csc(NC(=O)c3ccc(NC(=O)c4ccccc4)cc3)n2)CC(C)O1. The number of nitrogens with one attached hydrogen (secondary N) is 2. The van der Waals surface area contributed by atoms with Crippen molar-refractivity contribution in [3.05, 3.63) is 76.8 Å².